The van der Waals surface area contributed by atoms with Gasteiger partial charge in [0.2, 0.25) is 5.91 Å². The fraction of sp³-hybridized carbons (Fsp3) is 0.655. The van der Waals surface area contributed by atoms with E-state index in [0.29, 0.717) is 43.2 Å². The normalized spacial score (nSPS) is 17.8. The monoisotopic (exact) mass is 559 g/mol. The van der Waals surface area contributed by atoms with Crippen LogP contribution in [0.2, 0.25) is 0 Å². The van der Waals surface area contributed by atoms with Gasteiger partial charge in [-0.2, -0.15) is 0 Å². The van der Waals surface area contributed by atoms with E-state index in [2.05, 4.69) is 0 Å². The molecule has 2 unspecified atom stereocenters. The molecule has 11 nitrogen and oxygen atoms in total. The summed E-state index contributed by atoms with van der Waals surface area (Å²) in [7, 11) is 3.27. The maximum atomic E-state index is 14.3. The predicted octanol–water partition coefficient (Wildman–Crippen LogP) is 3.68. The molecule has 0 bridgehead atoms. The van der Waals surface area contributed by atoms with Gasteiger partial charge in [-0.15, -0.1) is 0 Å². The number of nitrogens with zero attached hydrogens (tertiary/aromatic N) is 4. The molecular weight excluding hydrogens is 514 g/mol. The first kappa shape index (κ1) is 31.2. The number of carbonyl (C=O) groups excluding carboxylic acids is 3. The lowest BCUT2D eigenvalue weighted by atomic mass is 9.92. The van der Waals surface area contributed by atoms with Gasteiger partial charge in [0.05, 0.1) is 30.1 Å². The van der Waals surface area contributed by atoms with Crippen molar-refractivity contribution in [2.45, 2.75) is 72.1 Å². The Bertz CT molecular complexity index is 1190. The number of unbranched alkanes of at least 4 members (excludes halogenated alkanes) is 1. The van der Waals surface area contributed by atoms with E-state index in [1.165, 1.54) is 4.90 Å². The zero-order chi connectivity index (χ0) is 29.6. The summed E-state index contributed by atoms with van der Waals surface area (Å²) in [6, 6.07) is 5.11. The summed E-state index contributed by atoms with van der Waals surface area (Å²) in [5.74, 6) is -0.250. The van der Waals surface area contributed by atoms with Gasteiger partial charge >= 0.3 is 6.09 Å². The molecule has 1 saturated heterocycles. The quantitative estimate of drug-likeness (QED) is 0.416. The molecule has 3 rings (SSSR count). The lowest BCUT2D eigenvalue weighted by molar-refractivity contribution is -0.124. The molecule has 0 aliphatic carbocycles. The first-order valence-electron chi connectivity index (χ1n) is 14.0. The van der Waals surface area contributed by atoms with Gasteiger partial charge in [-0.25, -0.2) is 9.78 Å². The van der Waals surface area contributed by atoms with E-state index in [9.17, 15) is 14.4 Å². The maximum absolute atomic E-state index is 14.3. The van der Waals surface area contributed by atoms with Crippen LogP contribution in [0.5, 0.6) is 5.75 Å². The Balaban J connectivity index is 2.01. The molecule has 222 valence electrons. The summed E-state index contributed by atoms with van der Waals surface area (Å²) >= 11 is 0. The second kappa shape index (κ2) is 13.3. The molecule has 0 spiro atoms. The van der Waals surface area contributed by atoms with Crippen LogP contribution in [0, 0.1) is 11.8 Å². The third-order valence-electron chi connectivity index (χ3n) is 6.87. The molecule has 2 aromatic rings. The number of carbonyl (C=O) groups is 3. The zero-order valence-corrected chi connectivity index (χ0v) is 24.9. The van der Waals surface area contributed by atoms with Crippen molar-refractivity contribution in [1.82, 2.24) is 19.4 Å². The fourth-order valence-corrected chi connectivity index (χ4v) is 5.04. The molecule has 3 amide bonds. The Morgan fingerprint density at radius 2 is 1.88 bits per heavy atom. The van der Waals surface area contributed by atoms with Crippen LogP contribution >= 0.6 is 0 Å². The summed E-state index contributed by atoms with van der Waals surface area (Å²) in [6.07, 6.45) is 1.45. The van der Waals surface area contributed by atoms with E-state index in [4.69, 9.17) is 24.9 Å². The molecule has 1 aliphatic heterocycles. The molecule has 40 heavy (non-hydrogen) atoms. The highest BCUT2D eigenvalue weighted by Gasteiger charge is 2.40. The molecule has 0 radical (unpaired) electrons. The number of benzene rings is 1. The molecule has 2 N–H and O–H groups in total. The van der Waals surface area contributed by atoms with Gasteiger partial charge in [0.15, 0.2) is 5.82 Å². The van der Waals surface area contributed by atoms with Crippen molar-refractivity contribution in [1.29, 1.82) is 0 Å². The minimum Gasteiger partial charge on any atom is -0.497 e. The van der Waals surface area contributed by atoms with Crippen molar-refractivity contribution in [3.8, 4) is 5.75 Å². The third kappa shape index (κ3) is 7.87. The summed E-state index contributed by atoms with van der Waals surface area (Å²) in [6.45, 7) is 11.4. The zero-order valence-electron chi connectivity index (χ0n) is 24.9. The number of piperidine rings is 1. The van der Waals surface area contributed by atoms with Crippen LogP contribution in [-0.4, -0.2) is 89.4 Å². The Labute approximate surface area is 236 Å². The number of rotatable bonds is 11. The fourth-order valence-electron chi connectivity index (χ4n) is 5.04. The smallest absolute Gasteiger partial charge is 0.410 e. The number of fused-ring (bicyclic) bond motifs is 1. The second-order valence-electron chi connectivity index (χ2n) is 11.9. The summed E-state index contributed by atoms with van der Waals surface area (Å²) in [5, 5.41) is 0. The lowest BCUT2D eigenvalue weighted by Crippen LogP contribution is -2.57. The number of aromatic nitrogens is 2. The van der Waals surface area contributed by atoms with Crippen LogP contribution in [0.3, 0.4) is 0 Å². The minimum absolute atomic E-state index is 0.132. The van der Waals surface area contributed by atoms with E-state index in [0.717, 1.165) is 18.4 Å². The molecular formula is C29H45N5O6. The number of amides is 3. The molecule has 2 atom stereocenters. The van der Waals surface area contributed by atoms with Crippen molar-refractivity contribution in [3.05, 3.63) is 24.0 Å². The molecule has 0 saturated carbocycles. The second-order valence-corrected chi connectivity index (χ2v) is 11.9. The third-order valence-corrected chi connectivity index (χ3v) is 6.87. The van der Waals surface area contributed by atoms with Crippen molar-refractivity contribution < 1.29 is 28.6 Å². The number of likely N-dealkylation sites (tertiary alicyclic amines) is 1. The highest BCUT2D eigenvalue weighted by atomic mass is 16.6. The van der Waals surface area contributed by atoms with E-state index >= 15 is 0 Å². The summed E-state index contributed by atoms with van der Waals surface area (Å²) in [5.41, 5.74) is 6.52. The minimum atomic E-state index is -0.700. The SMILES string of the molecule is COCCCCn1c(C(=O)N(CC(C)C)C2CC(C(N)=O)CN(C(=O)OC(C)(C)C)C2)nc2ccc(OC)cc21. The van der Waals surface area contributed by atoms with Gasteiger partial charge in [-0.3, -0.25) is 9.59 Å². The average Bonchev–Trinajstić information content (AvgIpc) is 3.25. The van der Waals surface area contributed by atoms with Gasteiger partial charge in [-0.05, 0) is 58.1 Å². The van der Waals surface area contributed by atoms with Crippen LogP contribution in [0.4, 0.5) is 4.79 Å². The van der Waals surface area contributed by atoms with Gasteiger partial charge in [0.1, 0.15) is 11.4 Å². The molecule has 2 heterocycles. The number of nitrogens with two attached hydrogens (primary N) is 1. The average molecular weight is 560 g/mol. The maximum Gasteiger partial charge on any atom is 0.410 e. The Hall–Kier alpha value is -3.34. The van der Waals surface area contributed by atoms with E-state index in [-0.39, 0.29) is 24.9 Å². The molecule has 1 aliphatic rings. The first-order valence-corrected chi connectivity index (χ1v) is 14.0. The summed E-state index contributed by atoms with van der Waals surface area (Å²) < 4.78 is 18.2. The van der Waals surface area contributed by atoms with Gasteiger partial charge in [-0.1, -0.05) is 13.8 Å². The van der Waals surface area contributed by atoms with Crippen molar-refractivity contribution in [2.75, 3.05) is 40.5 Å². The number of aryl methyl sites for hydroxylation is 1. The molecule has 11 heteroatoms. The van der Waals surface area contributed by atoms with Gasteiger partial charge in [0, 0.05) is 46.0 Å². The largest absolute Gasteiger partial charge is 0.497 e. The first-order chi connectivity index (χ1) is 18.8. The van der Waals surface area contributed by atoms with Crippen LogP contribution in [0.1, 0.15) is 64.5 Å². The number of primary amides is 1. The van der Waals surface area contributed by atoms with Crippen molar-refractivity contribution in [2.24, 2.45) is 17.6 Å². The van der Waals surface area contributed by atoms with Crippen LogP contribution in [0.15, 0.2) is 18.2 Å². The lowest BCUT2D eigenvalue weighted by Gasteiger charge is -2.42. The van der Waals surface area contributed by atoms with E-state index in [1.807, 2.05) is 36.6 Å². The van der Waals surface area contributed by atoms with E-state index in [1.54, 1.807) is 39.9 Å². The summed E-state index contributed by atoms with van der Waals surface area (Å²) in [4.78, 5) is 47.7. The van der Waals surface area contributed by atoms with Gasteiger partial charge in [0.25, 0.3) is 5.91 Å². The van der Waals surface area contributed by atoms with E-state index < -0.39 is 29.6 Å². The van der Waals surface area contributed by atoms with Crippen LogP contribution in [-0.2, 0) is 20.8 Å². The Morgan fingerprint density at radius 1 is 1.15 bits per heavy atom. The standard InChI is InChI=1S/C29H45N5O6/c1-19(2)16-34(21-14-20(25(30)35)17-32(18-21)28(37)40-29(3,4)5)27(36)26-31-23-11-10-22(39-7)15-24(23)33(26)12-8-9-13-38-6/h10-11,15,19-21H,8-9,12-14,16-18H2,1-7H3,(H2,30,35). The molecule has 1 aromatic carbocycles. The highest BCUT2D eigenvalue weighted by molar-refractivity contribution is 5.95. The number of ether oxygens (including phenoxy) is 3. The number of methoxy groups -OCH3 is 2. The Morgan fingerprint density at radius 3 is 2.48 bits per heavy atom. The van der Waals surface area contributed by atoms with Crippen LogP contribution in [0.25, 0.3) is 11.0 Å². The van der Waals surface area contributed by atoms with Crippen molar-refractivity contribution in [3.63, 3.8) is 0 Å². The number of hydrogen-bond acceptors (Lipinski definition) is 7. The molecule has 1 aromatic heterocycles. The van der Waals surface area contributed by atoms with Gasteiger partial charge < -0.3 is 34.3 Å². The Kier molecular flexibility index (Phi) is 10.4. The molecule has 1 fully saturated rings. The van der Waals surface area contributed by atoms with Crippen LogP contribution < -0.4 is 10.5 Å². The number of hydrogen-bond donors (Lipinski definition) is 1. The highest BCUT2D eigenvalue weighted by Crippen LogP contribution is 2.28. The van der Waals surface area contributed by atoms with Crippen molar-refractivity contribution >= 4 is 28.9 Å². The topological polar surface area (TPSA) is 129 Å². The predicted molar refractivity (Wildman–Crippen MR) is 152 cm³/mol. The number of imidazole rings is 1.